The van der Waals surface area contributed by atoms with Crippen LogP contribution in [0.1, 0.15) is 18.4 Å². The number of hydrogen-bond donors (Lipinski definition) is 0. The quantitative estimate of drug-likeness (QED) is 0.775. The van der Waals surface area contributed by atoms with E-state index in [9.17, 15) is 9.18 Å². The van der Waals surface area contributed by atoms with Crippen LogP contribution in [0.4, 0.5) is 4.39 Å². The molecule has 0 saturated carbocycles. The molecule has 0 bridgehead atoms. The number of halogens is 1. The Morgan fingerprint density at radius 1 is 1.25 bits per heavy atom. The number of Topliss-reactive ketones (excluding diaryl/α,β-unsaturated/α-hetero) is 1. The van der Waals surface area contributed by atoms with Gasteiger partial charge in [0.05, 0.1) is 6.54 Å². The summed E-state index contributed by atoms with van der Waals surface area (Å²) in [6, 6.07) is 6.49. The molecule has 1 saturated heterocycles. The fourth-order valence-corrected chi connectivity index (χ4v) is 2.10. The zero-order valence-electron chi connectivity index (χ0n) is 9.29. The molecular weight excluding hydrogens is 205 g/mol. The largest absolute Gasteiger partial charge is 0.298 e. The fourth-order valence-electron chi connectivity index (χ4n) is 2.10. The standard InChI is InChI=1S/C13H16FNO/c14-13-6-2-1-5-11(13)9-12(16)10-15-7-3-4-8-15/h1-2,5-6H,3-4,7-10H2. The molecule has 1 heterocycles. The minimum absolute atomic E-state index is 0.104. The number of carbonyl (C=O) groups is 1. The van der Waals surface area contributed by atoms with E-state index in [1.807, 2.05) is 0 Å². The Hall–Kier alpha value is -1.22. The molecule has 0 spiro atoms. The van der Waals surface area contributed by atoms with Crippen molar-refractivity contribution in [1.29, 1.82) is 0 Å². The lowest BCUT2D eigenvalue weighted by molar-refractivity contribution is -0.119. The molecule has 0 radical (unpaired) electrons. The normalized spacial score (nSPS) is 16.6. The summed E-state index contributed by atoms with van der Waals surface area (Å²) in [5.41, 5.74) is 0.506. The second-order valence-corrected chi connectivity index (χ2v) is 4.29. The molecule has 1 fully saturated rings. The zero-order valence-corrected chi connectivity index (χ0v) is 9.29. The van der Waals surface area contributed by atoms with E-state index >= 15 is 0 Å². The van der Waals surface area contributed by atoms with E-state index in [2.05, 4.69) is 4.90 Å². The van der Waals surface area contributed by atoms with Crippen molar-refractivity contribution in [3.05, 3.63) is 35.6 Å². The molecule has 0 amide bonds. The monoisotopic (exact) mass is 221 g/mol. The molecule has 2 nitrogen and oxygen atoms in total. The van der Waals surface area contributed by atoms with Crippen LogP contribution < -0.4 is 0 Å². The number of carbonyl (C=O) groups excluding carboxylic acids is 1. The molecule has 0 aliphatic carbocycles. The van der Waals surface area contributed by atoms with Gasteiger partial charge in [-0.05, 0) is 37.6 Å². The van der Waals surface area contributed by atoms with Crippen molar-refractivity contribution in [2.24, 2.45) is 0 Å². The third-order valence-corrected chi connectivity index (χ3v) is 2.94. The highest BCUT2D eigenvalue weighted by Crippen LogP contribution is 2.10. The summed E-state index contributed by atoms with van der Waals surface area (Å²) in [6.07, 6.45) is 2.56. The molecule has 1 aliphatic rings. The minimum atomic E-state index is -0.280. The van der Waals surface area contributed by atoms with Crippen molar-refractivity contribution in [1.82, 2.24) is 4.90 Å². The number of ketones is 1. The van der Waals surface area contributed by atoms with Crippen LogP contribution in [-0.2, 0) is 11.2 Å². The van der Waals surface area contributed by atoms with Crippen LogP contribution in [0.3, 0.4) is 0 Å². The van der Waals surface area contributed by atoms with E-state index < -0.39 is 0 Å². The summed E-state index contributed by atoms with van der Waals surface area (Å²) < 4.78 is 13.3. The van der Waals surface area contributed by atoms with E-state index in [4.69, 9.17) is 0 Å². The number of rotatable bonds is 4. The third-order valence-electron chi connectivity index (χ3n) is 2.94. The maximum Gasteiger partial charge on any atom is 0.151 e. The maximum absolute atomic E-state index is 13.3. The Morgan fingerprint density at radius 3 is 2.62 bits per heavy atom. The van der Waals surface area contributed by atoms with Crippen LogP contribution >= 0.6 is 0 Å². The van der Waals surface area contributed by atoms with Gasteiger partial charge in [0, 0.05) is 6.42 Å². The van der Waals surface area contributed by atoms with Gasteiger partial charge in [0.25, 0.3) is 0 Å². The highest BCUT2D eigenvalue weighted by atomic mass is 19.1. The Morgan fingerprint density at radius 2 is 1.94 bits per heavy atom. The Labute approximate surface area is 95.1 Å². The van der Waals surface area contributed by atoms with Crippen molar-refractivity contribution >= 4 is 5.78 Å². The van der Waals surface area contributed by atoms with Gasteiger partial charge in [0.1, 0.15) is 5.82 Å². The smallest absolute Gasteiger partial charge is 0.151 e. The molecule has 1 aliphatic heterocycles. The summed E-state index contributed by atoms with van der Waals surface area (Å²) in [5, 5.41) is 0. The van der Waals surface area contributed by atoms with Crippen molar-refractivity contribution < 1.29 is 9.18 Å². The van der Waals surface area contributed by atoms with Crippen LogP contribution in [0.25, 0.3) is 0 Å². The van der Waals surface area contributed by atoms with Crippen LogP contribution in [0.2, 0.25) is 0 Å². The van der Waals surface area contributed by atoms with Crippen LogP contribution in [0.5, 0.6) is 0 Å². The van der Waals surface area contributed by atoms with Gasteiger partial charge in [-0.25, -0.2) is 4.39 Å². The maximum atomic E-state index is 13.3. The predicted octanol–water partition coefficient (Wildman–Crippen LogP) is 2.03. The summed E-state index contributed by atoms with van der Waals surface area (Å²) in [4.78, 5) is 13.9. The average Bonchev–Trinajstić information content (AvgIpc) is 2.74. The van der Waals surface area contributed by atoms with Crippen molar-refractivity contribution in [3.8, 4) is 0 Å². The highest BCUT2D eigenvalue weighted by molar-refractivity contribution is 5.82. The summed E-state index contributed by atoms with van der Waals surface area (Å²) >= 11 is 0. The van der Waals surface area contributed by atoms with E-state index in [-0.39, 0.29) is 18.0 Å². The molecule has 86 valence electrons. The molecule has 16 heavy (non-hydrogen) atoms. The molecule has 1 aromatic rings. The lowest BCUT2D eigenvalue weighted by atomic mass is 10.1. The summed E-state index contributed by atoms with van der Waals surface area (Å²) in [5.74, 6) is -0.177. The first-order chi connectivity index (χ1) is 7.75. The molecule has 3 heteroatoms. The first-order valence-corrected chi connectivity index (χ1v) is 5.73. The van der Waals surface area contributed by atoms with Crippen LogP contribution in [-0.4, -0.2) is 30.3 Å². The number of likely N-dealkylation sites (tertiary alicyclic amines) is 1. The molecule has 0 unspecified atom stereocenters. The van der Waals surface area contributed by atoms with Crippen molar-refractivity contribution in [2.75, 3.05) is 19.6 Å². The second kappa shape index (κ2) is 5.21. The molecule has 0 atom stereocenters. The van der Waals surface area contributed by atoms with E-state index in [0.717, 1.165) is 13.1 Å². The molecule has 1 aromatic carbocycles. The Bertz CT molecular complexity index is 372. The van der Waals surface area contributed by atoms with Gasteiger partial charge in [0.15, 0.2) is 5.78 Å². The van der Waals surface area contributed by atoms with Crippen molar-refractivity contribution in [2.45, 2.75) is 19.3 Å². The summed E-state index contributed by atoms with van der Waals surface area (Å²) in [6.45, 7) is 2.47. The van der Waals surface area contributed by atoms with E-state index in [1.165, 1.54) is 18.9 Å². The third kappa shape index (κ3) is 2.89. The van der Waals surface area contributed by atoms with Gasteiger partial charge in [-0.1, -0.05) is 18.2 Å². The topological polar surface area (TPSA) is 20.3 Å². The van der Waals surface area contributed by atoms with Crippen LogP contribution in [0, 0.1) is 5.82 Å². The first-order valence-electron chi connectivity index (χ1n) is 5.73. The number of hydrogen-bond acceptors (Lipinski definition) is 2. The fraction of sp³-hybridized carbons (Fsp3) is 0.462. The molecule has 0 N–H and O–H groups in total. The van der Waals surface area contributed by atoms with Gasteiger partial charge in [-0.3, -0.25) is 9.69 Å². The summed E-state index contributed by atoms with van der Waals surface area (Å²) in [7, 11) is 0. The Kier molecular flexibility index (Phi) is 3.67. The van der Waals surface area contributed by atoms with E-state index in [1.54, 1.807) is 18.2 Å². The lowest BCUT2D eigenvalue weighted by Gasteiger charge is -2.13. The highest BCUT2D eigenvalue weighted by Gasteiger charge is 2.16. The zero-order chi connectivity index (χ0) is 11.4. The van der Waals surface area contributed by atoms with Gasteiger partial charge >= 0.3 is 0 Å². The number of nitrogens with zero attached hydrogens (tertiary/aromatic N) is 1. The lowest BCUT2D eigenvalue weighted by Crippen LogP contribution is -2.27. The second-order valence-electron chi connectivity index (χ2n) is 4.29. The first kappa shape index (κ1) is 11.3. The minimum Gasteiger partial charge on any atom is -0.298 e. The van der Waals surface area contributed by atoms with E-state index in [0.29, 0.717) is 12.1 Å². The Balaban J connectivity index is 1.89. The predicted molar refractivity (Wildman–Crippen MR) is 60.8 cm³/mol. The van der Waals surface area contributed by atoms with Gasteiger partial charge in [0.2, 0.25) is 0 Å². The van der Waals surface area contributed by atoms with Gasteiger partial charge in [-0.2, -0.15) is 0 Å². The SMILES string of the molecule is O=C(Cc1ccccc1F)CN1CCCC1. The number of benzene rings is 1. The van der Waals surface area contributed by atoms with Gasteiger partial charge < -0.3 is 0 Å². The van der Waals surface area contributed by atoms with Gasteiger partial charge in [-0.15, -0.1) is 0 Å². The van der Waals surface area contributed by atoms with Crippen LogP contribution in [0.15, 0.2) is 24.3 Å². The average molecular weight is 221 g/mol. The molecular formula is C13H16FNO. The molecule has 2 rings (SSSR count). The molecule has 0 aromatic heterocycles. The van der Waals surface area contributed by atoms with Crippen molar-refractivity contribution in [3.63, 3.8) is 0 Å².